The SMILES string of the molecule is COc1cc(OC)cc(-c2nnc(NC(=O)c3ccc(Br)s3)o2)c1. The number of carbonyl (C=O) groups is 1. The molecule has 0 radical (unpaired) electrons. The quantitative estimate of drug-likeness (QED) is 0.688. The molecule has 2 aromatic heterocycles. The van der Waals surface area contributed by atoms with Crippen LogP contribution in [0.15, 0.2) is 38.5 Å². The Balaban J connectivity index is 1.81. The number of carbonyl (C=O) groups excluding carboxylic acids is 1. The van der Waals surface area contributed by atoms with Crippen LogP contribution in [0.4, 0.5) is 6.01 Å². The van der Waals surface area contributed by atoms with Crippen LogP contribution in [0.25, 0.3) is 11.5 Å². The fraction of sp³-hybridized carbons (Fsp3) is 0.133. The summed E-state index contributed by atoms with van der Waals surface area (Å²) in [6.07, 6.45) is 0. The van der Waals surface area contributed by atoms with Gasteiger partial charge in [0, 0.05) is 11.6 Å². The van der Waals surface area contributed by atoms with Gasteiger partial charge in [-0.2, -0.15) is 0 Å². The van der Waals surface area contributed by atoms with Gasteiger partial charge in [0.1, 0.15) is 11.5 Å². The molecule has 0 atom stereocenters. The van der Waals surface area contributed by atoms with Crippen LogP contribution in [0.3, 0.4) is 0 Å². The Hall–Kier alpha value is -2.39. The van der Waals surface area contributed by atoms with Crippen LogP contribution in [-0.2, 0) is 0 Å². The van der Waals surface area contributed by atoms with E-state index in [4.69, 9.17) is 13.9 Å². The van der Waals surface area contributed by atoms with Crippen LogP contribution in [0.2, 0.25) is 0 Å². The largest absolute Gasteiger partial charge is 0.497 e. The first kappa shape index (κ1) is 16.5. The lowest BCUT2D eigenvalue weighted by molar-refractivity contribution is 0.102. The molecule has 0 aliphatic heterocycles. The number of ether oxygens (including phenoxy) is 2. The van der Waals surface area contributed by atoms with E-state index in [2.05, 4.69) is 31.4 Å². The summed E-state index contributed by atoms with van der Waals surface area (Å²) in [6.45, 7) is 0. The molecule has 24 heavy (non-hydrogen) atoms. The van der Waals surface area contributed by atoms with E-state index in [1.165, 1.54) is 11.3 Å². The summed E-state index contributed by atoms with van der Waals surface area (Å²) in [5.41, 5.74) is 0.623. The van der Waals surface area contributed by atoms with E-state index in [1.54, 1.807) is 44.6 Å². The number of rotatable bonds is 5. The molecule has 9 heteroatoms. The molecule has 0 saturated heterocycles. The number of amides is 1. The molecular weight excluding hydrogens is 398 g/mol. The number of hydrogen-bond donors (Lipinski definition) is 1. The van der Waals surface area contributed by atoms with Crippen molar-refractivity contribution in [2.75, 3.05) is 19.5 Å². The lowest BCUT2D eigenvalue weighted by Gasteiger charge is -2.05. The maximum absolute atomic E-state index is 12.1. The number of nitrogens with zero attached hydrogens (tertiary/aromatic N) is 2. The number of aromatic nitrogens is 2. The highest BCUT2D eigenvalue weighted by molar-refractivity contribution is 9.11. The van der Waals surface area contributed by atoms with E-state index < -0.39 is 0 Å². The van der Waals surface area contributed by atoms with Crippen LogP contribution in [-0.4, -0.2) is 30.3 Å². The van der Waals surface area contributed by atoms with Crippen molar-refractivity contribution in [1.82, 2.24) is 10.2 Å². The average molecular weight is 410 g/mol. The predicted octanol–water partition coefficient (Wildman–Crippen LogP) is 3.83. The van der Waals surface area contributed by atoms with Crippen molar-refractivity contribution in [1.29, 1.82) is 0 Å². The third-order valence-corrected chi connectivity index (χ3v) is 4.66. The van der Waals surface area contributed by atoms with Crippen molar-refractivity contribution in [2.24, 2.45) is 0 Å². The summed E-state index contributed by atoms with van der Waals surface area (Å²) < 4.78 is 16.8. The number of halogens is 1. The average Bonchev–Trinajstić information content (AvgIpc) is 3.23. The molecule has 0 aliphatic rings. The second-order valence-electron chi connectivity index (χ2n) is 4.57. The Kier molecular flexibility index (Phi) is 4.81. The van der Waals surface area contributed by atoms with E-state index in [0.717, 1.165) is 3.79 Å². The number of anilines is 1. The Morgan fingerprint density at radius 2 is 1.88 bits per heavy atom. The second-order valence-corrected chi connectivity index (χ2v) is 7.03. The molecule has 0 saturated carbocycles. The highest BCUT2D eigenvalue weighted by Crippen LogP contribution is 2.30. The molecule has 0 aliphatic carbocycles. The summed E-state index contributed by atoms with van der Waals surface area (Å²) in [5.74, 6) is 1.12. The van der Waals surface area contributed by atoms with E-state index in [1.807, 2.05) is 0 Å². The van der Waals surface area contributed by atoms with E-state index in [9.17, 15) is 4.79 Å². The van der Waals surface area contributed by atoms with Gasteiger partial charge in [0.2, 0.25) is 5.89 Å². The topological polar surface area (TPSA) is 86.5 Å². The number of hydrogen-bond acceptors (Lipinski definition) is 7. The monoisotopic (exact) mass is 409 g/mol. The first-order chi connectivity index (χ1) is 11.6. The summed E-state index contributed by atoms with van der Waals surface area (Å²) in [6, 6.07) is 8.71. The van der Waals surface area contributed by atoms with Crippen LogP contribution >= 0.6 is 27.3 Å². The fourth-order valence-corrected chi connectivity index (χ4v) is 3.20. The van der Waals surface area contributed by atoms with Gasteiger partial charge in [0.25, 0.3) is 5.91 Å². The first-order valence-corrected chi connectivity index (χ1v) is 8.33. The Morgan fingerprint density at radius 3 is 2.46 bits per heavy atom. The maximum Gasteiger partial charge on any atom is 0.322 e. The van der Waals surface area contributed by atoms with Crippen LogP contribution in [0.5, 0.6) is 11.5 Å². The number of methoxy groups -OCH3 is 2. The van der Waals surface area contributed by atoms with Crippen molar-refractivity contribution >= 4 is 39.2 Å². The van der Waals surface area contributed by atoms with Crippen LogP contribution in [0.1, 0.15) is 9.67 Å². The maximum atomic E-state index is 12.1. The molecule has 1 amide bonds. The number of thiophene rings is 1. The van der Waals surface area contributed by atoms with Gasteiger partial charge in [0.05, 0.1) is 22.9 Å². The van der Waals surface area contributed by atoms with Crippen molar-refractivity contribution in [3.8, 4) is 23.0 Å². The van der Waals surface area contributed by atoms with E-state index in [-0.39, 0.29) is 17.8 Å². The Labute approximate surface area is 149 Å². The highest BCUT2D eigenvalue weighted by Gasteiger charge is 2.15. The molecule has 124 valence electrons. The van der Waals surface area contributed by atoms with Gasteiger partial charge in [-0.15, -0.1) is 16.4 Å². The molecule has 1 aromatic carbocycles. The summed E-state index contributed by atoms with van der Waals surface area (Å²) in [4.78, 5) is 12.6. The molecule has 2 heterocycles. The third kappa shape index (κ3) is 3.57. The predicted molar refractivity (Wildman–Crippen MR) is 92.8 cm³/mol. The fourth-order valence-electron chi connectivity index (χ4n) is 1.92. The minimum absolute atomic E-state index is 0.0151. The smallest absolute Gasteiger partial charge is 0.322 e. The highest BCUT2D eigenvalue weighted by atomic mass is 79.9. The van der Waals surface area contributed by atoms with E-state index in [0.29, 0.717) is 21.9 Å². The molecule has 0 unspecified atom stereocenters. The first-order valence-electron chi connectivity index (χ1n) is 6.72. The van der Waals surface area contributed by atoms with Gasteiger partial charge in [0.15, 0.2) is 0 Å². The molecule has 7 nitrogen and oxygen atoms in total. The van der Waals surface area contributed by atoms with Gasteiger partial charge < -0.3 is 13.9 Å². The van der Waals surface area contributed by atoms with Crippen molar-refractivity contribution < 1.29 is 18.7 Å². The van der Waals surface area contributed by atoms with Crippen molar-refractivity contribution in [3.05, 3.63) is 39.0 Å². The van der Waals surface area contributed by atoms with Crippen molar-refractivity contribution in [2.45, 2.75) is 0 Å². The lowest BCUT2D eigenvalue weighted by atomic mass is 10.2. The van der Waals surface area contributed by atoms with Gasteiger partial charge >= 0.3 is 6.01 Å². The number of benzene rings is 1. The molecule has 0 spiro atoms. The van der Waals surface area contributed by atoms with Crippen LogP contribution < -0.4 is 14.8 Å². The van der Waals surface area contributed by atoms with Gasteiger partial charge in [-0.3, -0.25) is 10.1 Å². The molecule has 3 rings (SSSR count). The summed E-state index contributed by atoms with van der Waals surface area (Å²) in [7, 11) is 3.11. The normalized spacial score (nSPS) is 10.5. The second kappa shape index (κ2) is 7.02. The van der Waals surface area contributed by atoms with Crippen molar-refractivity contribution in [3.63, 3.8) is 0 Å². The standard InChI is InChI=1S/C15H12BrN3O4S/c1-21-9-5-8(6-10(7-9)22-2)14-18-19-15(23-14)17-13(20)11-3-4-12(16)24-11/h3-7H,1-2H3,(H,17,19,20). The number of nitrogens with one attached hydrogen (secondary N) is 1. The zero-order valence-corrected chi connectivity index (χ0v) is 15.1. The van der Waals surface area contributed by atoms with E-state index >= 15 is 0 Å². The molecule has 0 bridgehead atoms. The van der Waals surface area contributed by atoms with Gasteiger partial charge in [-0.25, -0.2) is 0 Å². The van der Waals surface area contributed by atoms with Gasteiger partial charge in [-0.1, -0.05) is 5.10 Å². The summed E-state index contributed by atoms with van der Waals surface area (Å²) in [5, 5.41) is 10.3. The summed E-state index contributed by atoms with van der Waals surface area (Å²) >= 11 is 4.62. The molecule has 0 fully saturated rings. The van der Waals surface area contributed by atoms with Gasteiger partial charge in [-0.05, 0) is 40.2 Å². The third-order valence-electron chi connectivity index (χ3n) is 3.04. The molecule has 3 aromatic rings. The zero-order chi connectivity index (χ0) is 17.1. The Bertz CT molecular complexity index is 855. The Morgan fingerprint density at radius 1 is 1.17 bits per heavy atom. The minimum Gasteiger partial charge on any atom is -0.497 e. The minimum atomic E-state index is -0.316. The lowest BCUT2D eigenvalue weighted by Crippen LogP contribution is -2.10. The zero-order valence-electron chi connectivity index (χ0n) is 12.7. The molecular formula is C15H12BrN3O4S. The van der Waals surface area contributed by atoms with Crippen LogP contribution in [0, 0.1) is 0 Å². The molecule has 1 N–H and O–H groups in total.